The number of nitrogens with one attached hydrogen (secondary N) is 1. The molecule has 0 radical (unpaired) electrons. The summed E-state index contributed by atoms with van der Waals surface area (Å²) in [6.45, 7) is 4.08. The first-order valence-corrected chi connectivity index (χ1v) is 9.67. The van der Waals surface area contributed by atoms with Crippen molar-refractivity contribution in [2.45, 2.75) is 65.2 Å². The Morgan fingerprint density at radius 1 is 1.07 bits per heavy atom. The molecule has 1 aliphatic rings. The molecule has 2 aromatic rings. The lowest BCUT2D eigenvalue weighted by molar-refractivity contribution is 0.0995. The van der Waals surface area contributed by atoms with Crippen LogP contribution in [0.15, 0.2) is 18.2 Å². The summed E-state index contributed by atoms with van der Waals surface area (Å²) in [5.74, 6) is 0.142. The molecule has 7 heteroatoms. The number of nitrogen functional groups attached to an aromatic ring is 1. The van der Waals surface area contributed by atoms with Gasteiger partial charge in [-0.05, 0) is 31.0 Å². The Hall–Kier alpha value is -2.70. The molecule has 0 spiro atoms. The van der Waals surface area contributed by atoms with Crippen LogP contribution in [-0.4, -0.2) is 21.1 Å². The Kier molecular flexibility index (Phi) is 7.98. The monoisotopic (exact) mass is 370 g/mol. The van der Waals surface area contributed by atoms with Gasteiger partial charge >= 0.3 is 0 Å². The third-order valence-electron chi connectivity index (χ3n) is 4.34. The van der Waals surface area contributed by atoms with Crippen LogP contribution >= 0.6 is 0 Å². The Balaban J connectivity index is 0.000000369. The van der Waals surface area contributed by atoms with E-state index in [0.29, 0.717) is 11.5 Å². The van der Waals surface area contributed by atoms with E-state index in [2.05, 4.69) is 27.4 Å². The second-order valence-corrected chi connectivity index (χ2v) is 6.91. The van der Waals surface area contributed by atoms with Crippen molar-refractivity contribution >= 4 is 23.2 Å². The molecule has 27 heavy (non-hydrogen) atoms. The van der Waals surface area contributed by atoms with Crippen molar-refractivity contribution in [3.63, 3.8) is 0 Å². The number of amides is 1. The fraction of sp³-hybridized carbons (Fsp3) is 0.500. The molecule has 1 amide bonds. The van der Waals surface area contributed by atoms with Crippen molar-refractivity contribution in [3.8, 4) is 0 Å². The number of carbonyl (C=O) groups is 1. The minimum absolute atomic E-state index is 0.0320. The van der Waals surface area contributed by atoms with Gasteiger partial charge in [-0.3, -0.25) is 4.79 Å². The van der Waals surface area contributed by atoms with Gasteiger partial charge in [-0.15, -0.1) is 10.2 Å². The molecule has 3 rings (SSSR count). The minimum Gasteiger partial charge on any atom is -0.382 e. The standard InChI is InChI=1S/C14H18N6O.C6H12/c1-3-4-9-5-8(2)6-12(17-9)18-10-7-11(15)19-20-13(10)14(16)21;1-2-4-6-5-3-1/h5-7H,3-4H2,1-2H3,(H2,16,21)(H3,15,17,18,19);1-6H2. The van der Waals surface area contributed by atoms with Crippen LogP contribution in [0.2, 0.25) is 0 Å². The third kappa shape index (κ3) is 6.84. The number of aromatic nitrogens is 3. The van der Waals surface area contributed by atoms with E-state index < -0.39 is 5.91 Å². The van der Waals surface area contributed by atoms with Crippen LogP contribution in [0.3, 0.4) is 0 Å². The number of nitrogens with two attached hydrogens (primary N) is 2. The third-order valence-corrected chi connectivity index (χ3v) is 4.34. The summed E-state index contributed by atoms with van der Waals surface area (Å²) in [4.78, 5) is 15.9. The maximum absolute atomic E-state index is 11.4. The number of anilines is 3. The lowest BCUT2D eigenvalue weighted by atomic mass is 10.0. The van der Waals surface area contributed by atoms with Crippen molar-refractivity contribution in [3.05, 3.63) is 35.2 Å². The molecule has 146 valence electrons. The Bertz CT molecular complexity index is 747. The van der Waals surface area contributed by atoms with E-state index in [1.165, 1.54) is 44.6 Å². The van der Waals surface area contributed by atoms with Crippen LogP contribution in [0.4, 0.5) is 17.3 Å². The maximum atomic E-state index is 11.4. The number of pyridine rings is 1. The molecule has 0 aromatic carbocycles. The number of carbonyl (C=O) groups excluding carboxylic acids is 1. The topological polar surface area (TPSA) is 120 Å². The molecule has 0 atom stereocenters. The number of rotatable bonds is 5. The van der Waals surface area contributed by atoms with Gasteiger partial charge in [0.1, 0.15) is 11.6 Å². The molecule has 1 fully saturated rings. The first-order chi connectivity index (χ1) is 13.0. The van der Waals surface area contributed by atoms with Crippen molar-refractivity contribution in [2.24, 2.45) is 5.73 Å². The second kappa shape index (κ2) is 10.4. The van der Waals surface area contributed by atoms with E-state index in [-0.39, 0.29) is 11.5 Å². The number of hydrogen-bond acceptors (Lipinski definition) is 6. The van der Waals surface area contributed by atoms with Crippen molar-refractivity contribution < 1.29 is 4.79 Å². The maximum Gasteiger partial charge on any atom is 0.271 e. The van der Waals surface area contributed by atoms with Gasteiger partial charge in [0.15, 0.2) is 5.69 Å². The zero-order chi connectivity index (χ0) is 19.6. The van der Waals surface area contributed by atoms with Crippen molar-refractivity contribution in [2.75, 3.05) is 11.1 Å². The van der Waals surface area contributed by atoms with Gasteiger partial charge in [-0.25, -0.2) is 4.98 Å². The number of nitrogens with zero attached hydrogens (tertiary/aromatic N) is 3. The molecule has 2 aromatic heterocycles. The highest BCUT2D eigenvalue weighted by Gasteiger charge is 2.13. The van der Waals surface area contributed by atoms with Gasteiger partial charge < -0.3 is 16.8 Å². The quantitative estimate of drug-likeness (QED) is 0.734. The highest BCUT2D eigenvalue weighted by molar-refractivity contribution is 5.97. The molecule has 0 unspecified atom stereocenters. The SMILES string of the molecule is C1CCCCC1.CCCc1cc(C)cc(Nc2cc(N)nnc2C(N)=O)n1. The van der Waals surface area contributed by atoms with Crippen LogP contribution < -0.4 is 16.8 Å². The summed E-state index contributed by atoms with van der Waals surface area (Å²) >= 11 is 0. The number of primary amides is 1. The van der Waals surface area contributed by atoms with E-state index in [1.807, 2.05) is 19.1 Å². The molecule has 1 saturated carbocycles. The second-order valence-electron chi connectivity index (χ2n) is 6.91. The minimum atomic E-state index is -0.675. The Labute approximate surface area is 161 Å². The molecular formula is C20H30N6O. The van der Waals surface area contributed by atoms with Gasteiger partial charge in [0.25, 0.3) is 5.91 Å². The predicted octanol–water partition coefficient (Wildman–Crippen LogP) is 3.90. The average Bonchev–Trinajstić information content (AvgIpc) is 2.63. The number of hydrogen-bond donors (Lipinski definition) is 3. The fourth-order valence-corrected chi connectivity index (χ4v) is 3.07. The lowest BCUT2D eigenvalue weighted by Gasteiger charge is -2.11. The average molecular weight is 371 g/mol. The van der Waals surface area contributed by atoms with E-state index >= 15 is 0 Å². The normalized spacial score (nSPS) is 13.4. The predicted molar refractivity (Wildman–Crippen MR) is 109 cm³/mol. The highest BCUT2D eigenvalue weighted by Crippen LogP contribution is 2.21. The smallest absolute Gasteiger partial charge is 0.271 e. The van der Waals surface area contributed by atoms with Gasteiger partial charge in [0.05, 0.1) is 5.69 Å². The first kappa shape index (κ1) is 20.6. The van der Waals surface area contributed by atoms with E-state index in [9.17, 15) is 4.79 Å². The van der Waals surface area contributed by atoms with E-state index in [4.69, 9.17) is 11.5 Å². The van der Waals surface area contributed by atoms with Gasteiger partial charge in [-0.1, -0.05) is 51.9 Å². The molecular weight excluding hydrogens is 340 g/mol. The fourth-order valence-electron chi connectivity index (χ4n) is 3.07. The first-order valence-electron chi connectivity index (χ1n) is 9.67. The van der Waals surface area contributed by atoms with Crippen LogP contribution in [0.5, 0.6) is 0 Å². The van der Waals surface area contributed by atoms with Crippen LogP contribution in [0, 0.1) is 6.92 Å². The zero-order valence-corrected chi connectivity index (χ0v) is 16.3. The largest absolute Gasteiger partial charge is 0.382 e. The molecule has 5 N–H and O–H groups in total. The van der Waals surface area contributed by atoms with Gasteiger partial charge in [0, 0.05) is 11.8 Å². The summed E-state index contributed by atoms with van der Waals surface area (Å²) in [5, 5.41) is 10.4. The van der Waals surface area contributed by atoms with Crippen molar-refractivity contribution in [1.82, 2.24) is 15.2 Å². The molecule has 0 bridgehead atoms. The molecule has 1 aliphatic carbocycles. The van der Waals surface area contributed by atoms with Crippen LogP contribution in [-0.2, 0) is 6.42 Å². The Morgan fingerprint density at radius 3 is 2.26 bits per heavy atom. The lowest BCUT2D eigenvalue weighted by Crippen LogP contribution is -2.17. The van der Waals surface area contributed by atoms with Gasteiger partial charge in [0.2, 0.25) is 0 Å². The molecule has 0 saturated heterocycles. The molecule has 7 nitrogen and oxygen atoms in total. The van der Waals surface area contributed by atoms with Crippen LogP contribution in [0.1, 0.15) is 73.6 Å². The zero-order valence-electron chi connectivity index (χ0n) is 16.3. The molecule has 0 aliphatic heterocycles. The summed E-state index contributed by atoms with van der Waals surface area (Å²) in [5.41, 5.74) is 13.4. The highest BCUT2D eigenvalue weighted by atomic mass is 16.1. The Morgan fingerprint density at radius 2 is 1.70 bits per heavy atom. The van der Waals surface area contributed by atoms with Crippen molar-refractivity contribution in [1.29, 1.82) is 0 Å². The van der Waals surface area contributed by atoms with Gasteiger partial charge in [-0.2, -0.15) is 0 Å². The number of aryl methyl sites for hydroxylation is 2. The molecule has 2 heterocycles. The summed E-state index contributed by atoms with van der Waals surface area (Å²) in [7, 11) is 0. The summed E-state index contributed by atoms with van der Waals surface area (Å²) in [6, 6.07) is 5.42. The summed E-state index contributed by atoms with van der Waals surface area (Å²) < 4.78 is 0. The van der Waals surface area contributed by atoms with E-state index in [0.717, 1.165) is 24.1 Å². The van der Waals surface area contributed by atoms with E-state index in [1.54, 1.807) is 0 Å². The van der Waals surface area contributed by atoms with Crippen LogP contribution in [0.25, 0.3) is 0 Å². The summed E-state index contributed by atoms with van der Waals surface area (Å²) in [6.07, 6.45) is 10.9.